The van der Waals surface area contributed by atoms with Gasteiger partial charge in [-0.3, -0.25) is 9.80 Å². The molecule has 4 heterocycles. The van der Waals surface area contributed by atoms with Gasteiger partial charge < -0.3 is 41.7 Å². The maximum Gasteiger partial charge on any atom is 0.233 e. The quantitative estimate of drug-likeness (QED) is 0.0412. The number of rotatable bonds is 22. The smallest absolute Gasteiger partial charge is 0.233 e. The first kappa shape index (κ1) is 63.2. The Hall–Kier alpha value is -4.35. The minimum absolute atomic E-state index is 0. The molecule has 2 saturated heterocycles. The number of aromatic nitrogens is 6. The van der Waals surface area contributed by atoms with Gasteiger partial charge in [-0.25, -0.2) is 0 Å². The van der Waals surface area contributed by atoms with Crippen molar-refractivity contribution in [2.75, 3.05) is 107 Å². The standard InChI is InChI=1S/2C27H43ClN8.2CH4.ClH/c2*1-4-35(5-2)24-16-15-21(18-23(24)28)31-27-33-25(29-19-22-14-11-17-36(22)6-3)32-26(34-27)30-20-12-9-7-8-10-13-20;;;/h2*15-16,18,20,22H,4-14,17,19H2,1-3H3,(H3,29,30,31,32,33,34);2*1H4;1H. The molecule has 75 heavy (non-hydrogen) atoms. The van der Waals surface area contributed by atoms with Gasteiger partial charge >= 0.3 is 0 Å². The van der Waals surface area contributed by atoms with Crippen LogP contribution in [0.1, 0.15) is 159 Å². The van der Waals surface area contributed by atoms with Crippen LogP contribution in [0.2, 0.25) is 10.0 Å². The van der Waals surface area contributed by atoms with Crippen molar-refractivity contribution in [3.05, 3.63) is 46.4 Å². The van der Waals surface area contributed by atoms with Crippen LogP contribution in [0, 0.1) is 0 Å². The second-order valence-corrected chi connectivity index (χ2v) is 20.6. The van der Waals surface area contributed by atoms with E-state index in [2.05, 4.69) is 105 Å². The van der Waals surface area contributed by atoms with E-state index in [9.17, 15) is 0 Å². The van der Waals surface area contributed by atoms with Crippen molar-refractivity contribution < 1.29 is 0 Å². The highest BCUT2D eigenvalue weighted by Gasteiger charge is 2.25. The molecular weight excluding hydrogens is 1000 g/mol. The molecule has 2 aromatic carbocycles. The van der Waals surface area contributed by atoms with Gasteiger partial charge in [-0.1, -0.05) is 103 Å². The maximum atomic E-state index is 6.64. The molecule has 2 aliphatic carbocycles. The summed E-state index contributed by atoms with van der Waals surface area (Å²) in [7, 11) is 0. The molecule has 19 heteroatoms. The lowest BCUT2D eigenvalue weighted by Gasteiger charge is -2.23. The molecule has 2 unspecified atom stereocenters. The van der Waals surface area contributed by atoms with E-state index >= 15 is 0 Å². The van der Waals surface area contributed by atoms with E-state index in [0.29, 0.717) is 69.9 Å². The molecule has 420 valence electrons. The van der Waals surface area contributed by atoms with Gasteiger partial charge in [0.05, 0.1) is 21.4 Å². The second-order valence-electron chi connectivity index (χ2n) is 19.8. The van der Waals surface area contributed by atoms with Gasteiger partial charge in [-0.15, -0.1) is 12.4 Å². The molecule has 0 radical (unpaired) electrons. The SMILES string of the molecule is C.C.CCN(CC)c1ccc(Nc2nc(NCC3CCCN3CC)nc(NC3CCCCCC3)n2)cc1Cl.CCN(CC)c1ccc(Nc2nc(NCC3CCCN3CC)nc(NC3CCCCCC3)n2)cc1Cl.Cl. The van der Waals surface area contributed by atoms with Crippen molar-refractivity contribution in [2.45, 2.75) is 183 Å². The van der Waals surface area contributed by atoms with E-state index < -0.39 is 0 Å². The largest absolute Gasteiger partial charge is 0.371 e. The van der Waals surface area contributed by atoms with E-state index in [1.54, 1.807) is 0 Å². The lowest BCUT2D eigenvalue weighted by atomic mass is 10.1. The minimum Gasteiger partial charge on any atom is -0.371 e. The number of hydrogen-bond acceptors (Lipinski definition) is 16. The van der Waals surface area contributed by atoms with Crippen LogP contribution in [0.15, 0.2) is 36.4 Å². The fraction of sp³-hybridized carbons (Fsp3) is 0.679. The Bertz CT molecular complexity index is 2080. The molecule has 8 rings (SSSR count). The Balaban J connectivity index is 0.000000312. The van der Waals surface area contributed by atoms with Gasteiger partial charge in [0, 0.05) is 74.8 Å². The summed E-state index contributed by atoms with van der Waals surface area (Å²) in [6.45, 7) is 22.9. The number of hydrogen-bond donors (Lipinski definition) is 6. The summed E-state index contributed by atoms with van der Waals surface area (Å²) >= 11 is 13.3. The second kappa shape index (κ2) is 33.1. The van der Waals surface area contributed by atoms with Crippen LogP contribution in [0.25, 0.3) is 0 Å². The van der Waals surface area contributed by atoms with E-state index in [1.165, 1.54) is 90.1 Å². The fourth-order valence-electron chi connectivity index (χ4n) is 10.9. The van der Waals surface area contributed by atoms with Crippen LogP contribution in [0.5, 0.6) is 0 Å². The number of benzene rings is 2. The zero-order valence-corrected chi connectivity index (χ0v) is 47.1. The first-order chi connectivity index (χ1) is 35.2. The van der Waals surface area contributed by atoms with Gasteiger partial charge in [0.25, 0.3) is 0 Å². The summed E-state index contributed by atoms with van der Waals surface area (Å²) in [5.41, 5.74) is 3.80. The van der Waals surface area contributed by atoms with Gasteiger partial charge in [0.1, 0.15) is 0 Å². The van der Waals surface area contributed by atoms with Gasteiger partial charge in [-0.2, -0.15) is 29.9 Å². The Morgan fingerprint density at radius 3 is 1.15 bits per heavy atom. The molecular formula is C56H95Cl3N16. The topological polar surface area (TPSA) is 162 Å². The Kier molecular flexibility index (Phi) is 27.8. The van der Waals surface area contributed by atoms with Gasteiger partial charge in [0.2, 0.25) is 35.7 Å². The molecule has 6 N–H and O–H groups in total. The van der Waals surface area contributed by atoms with Crippen molar-refractivity contribution in [1.82, 2.24) is 39.7 Å². The van der Waals surface area contributed by atoms with Crippen molar-refractivity contribution >= 4 is 94.0 Å². The first-order valence-electron chi connectivity index (χ1n) is 27.8. The number of nitrogens with one attached hydrogen (secondary N) is 6. The predicted octanol–water partition coefficient (Wildman–Crippen LogP) is 14.0. The molecule has 16 nitrogen and oxygen atoms in total. The van der Waals surface area contributed by atoms with Crippen LogP contribution in [0.3, 0.4) is 0 Å². The predicted molar refractivity (Wildman–Crippen MR) is 325 cm³/mol. The zero-order valence-electron chi connectivity index (χ0n) is 44.8. The number of halogens is 3. The Morgan fingerprint density at radius 1 is 0.467 bits per heavy atom. The molecule has 2 aliphatic heterocycles. The van der Waals surface area contributed by atoms with Crippen molar-refractivity contribution in [1.29, 1.82) is 0 Å². The number of anilines is 10. The zero-order chi connectivity index (χ0) is 50.7. The third-order valence-electron chi connectivity index (χ3n) is 15.1. The van der Waals surface area contributed by atoms with E-state index in [0.717, 1.165) is 101 Å². The molecule has 0 bridgehead atoms. The minimum atomic E-state index is 0. The van der Waals surface area contributed by atoms with Crippen LogP contribution in [-0.4, -0.2) is 129 Å². The number of likely N-dealkylation sites (tertiary alicyclic amines) is 2. The average molecular weight is 1100 g/mol. The summed E-state index contributed by atoms with van der Waals surface area (Å²) in [5, 5.41) is 22.4. The highest BCUT2D eigenvalue weighted by molar-refractivity contribution is 6.34. The summed E-state index contributed by atoms with van der Waals surface area (Å²) in [5.74, 6) is 3.52. The molecule has 0 spiro atoms. The van der Waals surface area contributed by atoms with Crippen LogP contribution < -0.4 is 41.7 Å². The average Bonchev–Trinajstić information content (AvgIpc) is 3.87. The molecule has 2 saturated carbocycles. The normalized spacial score (nSPS) is 18.4. The fourth-order valence-corrected chi connectivity index (χ4v) is 11.5. The summed E-state index contributed by atoms with van der Waals surface area (Å²) in [4.78, 5) is 37.9. The summed E-state index contributed by atoms with van der Waals surface area (Å²) < 4.78 is 0. The van der Waals surface area contributed by atoms with Crippen LogP contribution >= 0.6 is 35.6 Å². The molecule has 4 fully saturated rings. The highest BCUT2D eigenvalue weighted by atomic mass is 35.5. The van der Waals surface area contributed by atoms with E-state index in [4.69, 9.17) is 53.1 Å². The summed E-state index contributed by atoms with van der Waals surface area (Å²) in [6, 6.07) is 13.9. The Morgan fingerprint density at radius 2 is 0.813 bits per heavy atom. The van der Waals surface area contributed by atoms with E-state index in [1.807, 2.05) is 24.3 Å². The summed E-state index contributed by atoms with van der Waals surface area (Å²) in [6.07, 6.45) is 19.8. The first-order valence-corrected chi connectivity index (χ1v) is 28.6. The highest BCUT2D eigenvalue weighted by Crippen LogP contribution is 2.32. The van der Waals surface area contributed by atoms with Gasteiger partial charge in [-0.05, 0) is 142 Å². The molecule has 4 aliphatic rings. The van der Waals surface area contributed by atoms with Gasteiger partial charge in [0.15, 0.2) is 0 Å². The van der Waals surface area contributed by atoms with Crippen molar-refractivity contribution in [2.24, 2.45) is 0 Å². The Labute approximate surface area is 468 Å². The lowest BCUT2D eigenvalue weighted by molar-refractivity contribution is 0.276. The van der Waals surface area contributed by atoms with Crippen molar-refractivity contribution in [3.8, 4) is 0 Å². The van der Waals surface area contributed by atoms with Crippen molar-refractivity contribution in [3.63, 3.8) is 0 Å². The van der Waals surface area contributed by atoms with E-state index in [-0.39, 0.29) is 27.3 Å². The molecule has 2 aromatic heterocycles. The molecule has 0 amide bonds. The maximum absolute atomic E-state index is 6.64. The third-order valence-corrected chi connectivity index (χ3v) is 15.7. The number of nitrogens with zero attached hydrogens (tertiary/aromatic N) is 10. The lowest BCUT2D eigenvalue weighted by Crippen LogP contribution is -2.35. The van der Waals surface area contributed by atoms with Crippen LogP contribution in [0.4, 0.5) is 58.4 Å². The molecule has 4 aromatic rings. The molecule has 2 atom stereocenters. The monoisotopic (exact) mass is 1100 g/mol. The number of likely N-dealkylation sites (N-methyl/N-ethyl adjacent to an activating group) is 2. The van der Waals surface area contributed by atoms with Crippen LogP contribution in [-0.2, 0) is 0 Å². The third kappa shape index (κ3) is 19.0.